The first-order valence-electron chi connectivity index (χ1n) is 7.72. The van der Waals surface area contributed by atoms with E-state index in [1.165, 1.54) is 21.3 Å². The first kappa shape index (κ1) is 16.7. The average Bonchev–Trinajstić information content (AvgIpc) is 3.05. The van der Waals surface area contributed by atoms with Crippen LogP contribution in [0.25, 0.3) is 5.69 Å². The zero-order chi connectivity index (χ0) is 17.3. The Morgan fingerprint density at radius 3 is 2.58 bits per heavy atom. The van der Waals surface area contributed by atoms with Crippen molar-refractivity contribution < 1.29 is 18.3 Å². The summed E-state index contributed by atoms with van der Waals surface area (Å²) < 4.78 is 28.7. The second-order valence-electron chi connectivity index (χ2n) is 6.11. The zero-order valence-electron chi connectivity index (χ0n) is 13.2. The van der Waals surface area contributed by atoms with Crippen LogP contribution in [0.3, 0.4) is 0 Å². The Labute approximate surface area is 140 Å². The van der Waals surface area contributed by atoms with Gasteiger partial charge in [0.05, 0.1) is 17.8 Å². The molecule has 0 aliphatic carbocycles. The highest BCUT2D eigenvalue weighted by molar-refractivity contribution is 7.89. The molecule has 128 valence electrons. The van der Waals surface area contributed by atoms with E-state index in [9.17, 15) is 18.3 Å². The molecule has 3 rings (SSSR count). The minimum atomic E-state index is -3.83. The lowest BCUT2D eigenvalue weighted by molar-refractivity contribution is -0.143. The lowest BCUT2D eigenvalue weighted by Crippen LogP contribution is -2.45. The molecule has 2 unspecified atom stereocenters. The molecule has 1 aromatic carbocycles. The normalized spacial score (nSPS) is 22.4. The molecule has 7 nitrogen and oxygen atoms in total. The number of para-hydroxylation sites is 1. The van der Waals surface area contributed by atoms with Crippen LogP contribution in [0.1, 0.15) is 13.3 Å². The molecule has 2 aromatic rings. The number of sulfonamides is 1. The van der Waals surface area contributed by atoms with E-state index in [2.05, 4.69) is 5.10 Å². The van der Waals surface area contributed by atoms with Gasteiger partial charge in [0.2, 0.25) is 0 Å². The number of benzene rings is 1. The molecular formula is C16H19N3O4S. The van der Waals surface area contributed by atoms with Crippen LogP contribution in [0.15, 0.2) is 47.6 Å². The van der Waals surface area contributed by atoms with Crippen LogP contribution in [0, 0.1) is 11.8 Å². The van der Waals surface area contributed by atoms with Gasteiger partial charge in [-0.3, -0.25) is 4.79 Å². The van der Waals surface area contributed by atoms with Gasteiger partial charge in [0.25, 0.3) is 10.0 Å². The highest BCUT2D eigenvalue weighted by atomic mass is 32.2. The summed E-state index contributed by atoms with van der Waals surface area (Å²) in [6.07, 6.45) is 1.92. The number of carbonyl (C=O) groups is 1. The van der Waals surface area contributed by atoms with Crippen LogP contribution < -0.4 is 0 Å². The molecule has 0 radical (unpaired) electrons. The van der Waals surface area contributed by atoms with Crippen LogP contribution in [0.2, 0.25) is 0 Å². The predicted molar refractivity (Wildman–Crippen MR) is 87.2 cm³/mol. The van der Waals surface area contributed by atoms with Gasteiger partial charge in [-0.25, -0.2) is 13.1 Å². The molecular weight excluding hydrogens is 330 g/mol. The number of nitrogens with zero attached hydrogens (tertiary/aromatic N) is 3. The Morgan fingerprint density at radius 2 is 1.92 bits per heavy atom. The summed E-state index contributed by atoms with van der Waals surface area (Å²) in [6.45, 7) is 2.17. The molecule has 8 heteroatoms. The molecule has 0 saturated carbocycles. The van der Waals surface area contributed by atoms with Crippen LogP contribution in [0.5, 0.6) is 0 Å². The van der Waals surface area contributed by atoms with Gasteiger partial charge in [-0.15, -0.1) is 0 Å². The summed E-state index contributed by atoms with van der Waals surface area (Å²) in [7, 11) is -3.83. The van der Waals surface area contributed by atoms with E-state index < -0.39 is 21.9 Å². The summed E-state index contributed by atoms with van der Waals surface area (Å²) >= 11 is 0. The van der Waals surface area contributed by atoms with Crippen molar-refractivity contribution in [3.8, 4) is 5.69 Å². The third-order valence-electron chi connectivity index (χ3n) is 4.19. The molecule has 0 amide bonds. The molecule has 1 aliphatic heterocycles. The summed E-state index contributed by atoms with van der Waals surface area (Å²) in [5, 5.41) is 13.4. The molecule has 2 atom stereocenters. The van der Waals surface area contributed by atoms with Gasteiger partial charge in [0, 0.05) is 13.1 Å². The van der Waals surface area contributed by atoms with E-state index >= 15 is 0 Å². The predicted octanol–water partition coefficient (Wildman–Crippen LogP) is 1.60. The van der Waals surface area contributed by atoms with E-state index in [-0.39, 0.29) is 17.5 Å². The molecule has 24 heavy (non-hydrogen) atoms. The zero-order valence-corrected chi connectivity index (χ0v) is 14.1. The molecule has 0 bridgehead atoms. The minimum absolute atomic E-state index is 0.0114. The maximum atomic E-state index is 13.0. The molecule has 1 aromatic heterocycles. The number of aromatic nitrogens is 2. The number of carboxylic acids is 1. The van der Waals surface area contributed by atoms with Gasteiger partial charge in [-0.1, -0.05) is 25.1 Å². The second kappa shape index (κ2) is 6.37. The fourth-order valence-electron chi connectivity index (χ4n) is 3.06. The van der Waals surface area contributed by atoms with Crippen molar-refractivity contribution in [2.45, 2.75) is 18.4 Å². The number of rotatable bonds is 4. The monoisotopic (exact) mass is 349 g/mol. The van der Waals surface area contributed by atoms with Crippen molar-refractivity contribution >= 4 is 16.0 Å². The van der Waals surface area contributed by atoms with Crippen LogP contribution in [-0.4, -0.2) is 46.7 Å². The highest BCUT2D eigenvalue weighted by Crippen LogP contribution is 2.28. The first-order valence-corrected chi connectivity index (χ1v) is 9.16. The first-order chi connectivity index (χ1) is 11.4. The van der Waals surface area contributed by atoms with Crippen LogP contribution in [0.4, 0.5) is 0 Å². The molecule has 1 saturated heterocycles. The Morgan fingerprint density at radius 1 is 1.21 bits per heavy atom. The van der Waals surface area contributed by atoms with Crippen molar-refractivity contribution in [2.24, 2.45) is 11.8 Å². The van der Waals surface area contributed by atoms with Crippen molar-refractivity contribution in [3.05, 3.63) is 42.6 Å². The fourth-order valence-corrected chi connectivity index (χ4v) is 4.76. The van der Waals surface area contributed by atoms with Crippen LogP contribution in [-0.2, 0) is 14.8 Å². The van der Waals surface area contributed by atoms with E-state index in [0.717, 1.165) is 0 Å². The largest absolute Gasteiger partial charge is 0.481 e. The molecule has 1 aliphatic rings. The lowest BCUT2D eigenvalue weighted by atomic mass is 9.92. The van der Waals surface area contributed by atoms with E-state index in [0.29, 0.717) is 18.7 Å². The Hall–Kier alpha value is -2.19. The van der Waals surface area contributed by atoms with Crippen molar-refractivity contribution in [2.75, 3.05) is 13.1 Å². The second-order valence-corrected chi connectivity index (χ2v) is 8.00. The Bertz CT molecular complexity index is 832. The Balaban J connectivity index is 1.97. The highest BCUT2D eigenvalue weighted by Gasteiger charge is 2.37. The maximum absolute atomic E-state index is 13.0. The number of hydrogen-bond acceptors (Lipinski definition) is 4. The third-order valence-corrected chi connectivity index (χ3v) is 6.00. The summed E-state index contributed by atoms with van der Waals surface area (Å²) in [5.41, 5.74) is 0.640. The quantitative estimate of drug-likeness (QED) is 0.905. The molecule has 1 fully saturated rings. The van der Waals surface area contributed by atoms with E-state index in [4.69, 9.17) is 0 Å². The standard InChI is InChI=1S/C16H19N3O4S/c1-12-9-13(16(20)21)11-18(10-12)24(22,23)15-7-8-17-19(15)14-5-3-2-4-6-14/h2-8,12-13H,9-11H2,1H3,(H,20,21). The third kappa shape index (κ3) is 3.07. The van der Waals surface area contributed by atoms with Gasteiger partial charge < -0.3 is 5.11 Å². The molecule has 2 heterocycles. The van der Waals surface area contributed by atoms with Crippen molar-refractivity contribution in [3.63, 3.8) is 0 Å². The lowest BCUT2D eigenvalue weighted by Gasteiger charge is -2.33. The summed E-state index contributed by atoms with van der Waals surface area (Å²) in [4.78, 5) is 11.3. The van der Waals surface area contributed by atoms with E-state index in [1.807, 2.05) is 13.0 Å². The van der Waals surface area contributed by atoms with E-state index in [1.54, 1.807) is 24.3 Å². The minimum Gasteiger partial charge on any atom is -0.481 e. The number of aliphatic carboxylic acids is 1. The van der Waals surface area contributed by atoms with Crippen LogP contribution >= 0.6 is 0 Å². The number of carboxylic acid groups (broad SMARTS) is 1. The summed E-state index contributed by atoms with van der Waals surface area (Å²) in [5.74, 6) is -1.65. The Kier molecular flexibility index (Phi) is 4.42. The summed E-state index contributed by atoms with van der Waals surface area (Å²) in [6, 6.07) is 10.4. The van der Waals surface area contributed by atoms with Crippen molar-refractivity contribution in [1.82, 2.24) is 14.1 Å². The van der Waals surface area contributed by atoms with Gasteiger partial charge in [0.1, 0.15) is 0 Å². The van der Waals surface area contributed by atoms with Gasteiger partial charge in [-0.05, 0) is 30.5 Å². The van der Waals surface area contributed by atoms with Crippen molar-refractivity contribution in [1.29, 1.82) is 0 Å². The number of piperidine rings is 1. The molecule has 1 N–H and O–H groups in total. The fraction of sp³-hybridized carbons (Fsp3) is 0.375. The average molecular weight is 349 g/mol. The maximum Gasteiger partial charge on any atom is 0.307 e. The van der Waals surface area contributed by atoms with Gasteiger partial charge >= 0.3 is 5.97 Å². The SMILES string of the molecule is CC1CC(C(=O)O)CN(S(=O)(=O)c2ccnn2-c2ccccc2)C1. The van der Waals surface area contributed by atoms with Gasteiger partial charge in [-0.2, -0.15) is 9.40 Å². The number of hydrogen-bond donors (Lipinski definition) is 1. The van der Waals surface area contributed by atoms with Gasteiger partial charge in [0.15, 0.2) is 5.03 Å². The topological polar surface area (TPSA) is 92.5 Å². The smallest absolute Gasteiger partial charge is 0.307 e. The molecule has 0 spiro atoms.